The Hall–Kier alpha value is -1.66. The maximum atomic E-state index is 12.4. The highest BCUT2D eigenvalue weighted by Crippen LogP contribution is 2.35. The van der Waals surface area contributed by atoms with E-state index in [-0.39, 0.29) is 18.2 Å². The average molecular weight is 410 g/mol. The number of amides is 2. The van der Waals surface area contributed by atoms with Gasteiger partial charge in [-0.05, 0) is 18.4 Å². The van der Waals surface area contributed by atoms with Gasteiger partial charge in [0.05, 0.1) is 12.1 Å². The normalized spacial score (nSPS) is 19.0. The van der Waals surface area contributed by atoms with Crippen LogP contribution in [0.15, 0.2) is 42.5 Å². The Morgan fingerprint density at radius 3 is 2.54 bits per heavy atom. The quantitative estimate of drug-likeness (QED) is 0.296. The highest BCUT2D eigenvalue weighted by molar-refractivity contribution is 7.51. The Morgan fingerprint density at radius 1 is 1.18 bits per heavy atom. The van der Waals surface area contributed by atoms with E-state index in [0.717, 1.165) is 24.8 Å². The van der Waals surface area contributed by atoms with Gasteiger partial charge in [-0.1, -0.05) is 55.3 Å². The smallest absolute Gasteiger partial charge is 0.325 e. The second-order valence-electron chi connectivity index (χ2n) is 7.37. The maximum Gasteiger partial charge on any atom is 0.325 e. The van der Waals surface area contributed by atoms with Gasteiger partial charge in [-0.15, -0.1) is 0 Å². The summed E-state index contributed by atoms with van der Waals surface area (Å²) in [5, 5.41) is 10.3. The van der Waals surface area contributed by atoms with Gasteiger partial charge in [0.2, 0.25) is 0 Å². The topological polar surface area (TPSA) is 101 Å². The van der Waals surface area contributed by atoms with Crippen LogP contribution in [0.1, 0.15) is 31.2 Å². The number of aliphatic hydroxyl groups is 1. The molecule has 0 aliphatic carbocycles. The van der Waals surface area contributed by atoms with Crippen molar-refractivity contribution in [3.63, 3.8) is 0 Å². The fourth-order valence-corrected chi connectivity index (χ4v) is 4.01. The summed E-state index contributed by atoms with van der Waals surface area (Å²) >= 11 is 0. The first-order valence-corrected chi connectivity index (χ1v) is 11.5. The molecule has 28 heavy (non-hydrogen) atoms. The second kappa shape index (κ2) is 10.8. The van der Waals surface area contributed by atoms with Gasteiger partial charge in [-0.3, -0.25) is 4.57 Å². The minimum Gasteiger partial charge on any atom is -0.389 e. The molecule has 1 aromatic carbocycles. The molecular weight excluding hydrogens is 379 g/mol. The SMILES string of the molecule is CN1CC(C=CC(O)Cc2ccccc2)N(CCCCCCP(=O)(O)O)C1=O. The van der Waals surface area contributed by atoms with Gasteiger partial charge in [0.25, 0.3) is 0 Å². The molecule has 1 aliphatic rings. The van der Waals surface area contributed by atoms with Crippen molar-refractivity contribution in [2.75, 3.05) is 26.3 Å². The van der Waals surface area contributed by atoms with Crippen LogP contribution >= 0.6 is 7.60 Å². The van der Waals surface area contributed by atoms with E-state index >= 15 is 0 Å². The fraction of sp³-hybridized carbons (Fsp3) is 0.550. The molecule has 1 fully saturated rings. The molecule has 1 saturated heterocycles. The van der Waals surface area contributed by atoms with E-state index in [1.165, 1.54) is 0 Å². The highest BCUT2D eigenvalue weighted by Gasteiger charge is 2.32. The molecule has 0 spiro atoms. The fourth-order valence-electron chi connectivity index (χ4n) is 3.38. The number of urea groups is 1. The molecule has 2 unspecified atom stereocenters. The molecule has 1 heterocycles. The van der Waals surface area contributed by atoms with Gasteiger partial charge >= 0.3 is 13.6 Å². The van der Waals surface area contributed by atoms with Gasteiger partial charge in [0.15, 0.2) is 0 Å². The lowest BCUT2D eigenvalue weighted by Crippen LogP contribution is -2.34. The molecule has 1 aromatic rings. The summed E-state index contributed by atoms with van der Waals surface area (Å²) < 4.78 is 10.8. The number of aliphatic hydroxyl groups excluding tert-OH is 1. The summed E-state index contributed by atoms with van der Waals surface area (Å²) in [6, 6.07) is 9.68. The van der Waals surface area contributed by atoms with Crippen molar-refractivity contribution < 1.29 is 24.3 Å². The van der Waals surface area contributed by atoms with E-state index in [1.54, 1.807) is 22.9 Å². The molecule has 156 valence electrons. The molecule has 7 nitrogen and oxygen atoms in total. The van der Waals surface area contributed by atoms with Crippen LogP contribution in [0.25, 0.3) is 0 Å². The number of rotatable bonds is 11. The minimum absolute atomic E-state index is 0.0255. The van der Waals surface area contributed by atoms with Crippen LogP contribution in [-0.2, 0) is 11.0 Å². The number of likely N-dealkylation sites (N-methyl/N-ethyl adjacent to an activating group) is 1. The molecule has 2 amide bonds. The number of carbonyl (C=O) groups excluding carboxylic acids is 1. The van der Waals surface area contributed by atoms with Gasteiger partial charge in [-0.2, -0.15) is 0 Å². The largest absolute Gasteiger partial charge is 0.389 e. The van der Waals surface area contributed by atoms with Crippen molar-refractivity contribution in [2.24, 2.45) is 0 Å². The van der Waals surface area contributed by atoms with Gasteiger partial charge < -0.3 is 24.7 Å². The van der Waals surface area contributed by atoms with Crippen molar-refractivity contribution in [3.05, 3.63) is 48.0 Å². The minimum atomic E-state index is -3.91. The second-order valence-corrected chi connectivity index (χ2v) is 9.14. The van der Waals surface area contributed by atoms with E-state index in [2.05, 4.69) is 0 Å². The molecule has 2 atom stereocenters. The summed E-state index contributed by atoms with van der Waals surface area (Å²) in [5.41, 5.74) is 1.06. The first-order chi connectivity index (χ1) is 13.3. The molecule has 0 aromatic heterocycles. The molecule has 0 bridgehead atoms. The van der Waals surface area contributed by atoms with E-state index in [0.29, 0.717) is 25.9 Å². The lowest BCUT2D eigenvalue weighted by molar-refractivity contribution is 0.193. The zero-order valence-corrected chi connectivity index (χ0v) is 17.2. The first-order valence-electron chi connectivity index (χ1n) is 9.73. The highest BCUT2D eigenvalue weighted by atomic mass is 31.2. The Balaban J connectivity index is 1.79. The molecule has 0 radical (unpaired) electrons. The Kier molecular flexibility index (Phi) is 8.70. The van der Waals surface area contributed by atoms with E-state index in [9.17, 15) is 14.5 Å². The van der Waals surface area contributed by atoms with E-state index in [4.69, 9.17) is 9.79 Å². The average Bonchev–Trinajstić information content (AvgIpc) is 2.90. The van der Waals surface area contributed by atoms with Crippen molar-refractivity contribution in [2.45, 2.75) is 44.2 Å². The van der Waals surface area contributed by atoms with Crippen LogP contribution in [0.3, 0.4) is 0 Å². The predicted molar refractivity (Wildman–Crippen MR) is 109 cm³/mol. The zero-order valence-electron chi connectivity index (χ0n) is 16.4. The van der Waals surface area contributed by atoms with Crippen LogP contribution in [0.5, 0.6) is 0 Å². The third kappa shape index (κ3) is 7.76. The van der Waals surface area contributed by atoms with Gasteiger partial charge in [0.1, 0.15) is 0 Å². The Morgan fingerprint density at radius 2 is 1.86 bits per heavy atom. The van der Waals surface area contributed by atoms with Gasteiger partial charge in [-0.25, -0.2) is 4.79 Å². The number of nitrogens with zero attached hydrogens (tertiary/aromatic N) is 2. The van der Waals surface area contributed by atoms with Crippen LogP contribution in [-0.4, -0.2) is 69.2 Å². The van der Waals surface area contributed by atoms with Crippen LogP contribution < -0.4 is 0 Å². The Labute approximate surface area is 166 Å². The van der Waals surface area contributed by atoms with Gasteiger partial charge in [0, 0.05) is 32.7 Å². The molecular formula is C20H31N2O5P. The number of hydrogen-bond donors (Lipinski definition) is 3. The lowest BCUT2D eigenvalue weighted by atomic mass is 10.1. The number of unbranched alkanes of at least 4 members (excludes halogenated alkanes) is 3. The zero-order chi connectivity index (χ0) is 20.6. The summed E-state index contributed by atoms with van der Waals surface area (Å²) in [4.78, 5) is 33.6. The molecule has 0 saturated carbocycles. The van der Waals surface area contributed by atoms with E-state index < -0.39 is 13.7 Å². The summed E-state index contributed by atoms with van der Waals surface area (Å²) in [6.45, 7) is 1.19. The maximum absolute atomic E-state index is 12.4. The summed E-state index contributed by atoms with van der Waals surface area (Å²) in [5.74, 6) is 0. The molecule has 2 rings (SSSR count). The summed E-state index contributed by atoms with van der Waals surface area (Å²) in [7, 11) is -2.14. The first kappa shape index (κ1) is 22.6. The third-order valence-corrected chi connectivity index (χ3v) is 5.77. The van der Waals surface area contributed by atoms with Crippen LogP contribution in [0, 0.1) is 0 Å². The molecule has 3 N–H and O–H groups in total. The standard InChI is InChI=1S/C20H31N2O5P/c1-21-16-18(11-12-19(23)15-17-9-5-4-6-10-17)22(20(21)24)13-7-2-3-8-14-28(25,26)27/h4-6,9-12,18-19,23H,2-3,7-8,13-16H2,1H3,(H2,25,26,27). The van der Waals surface area contributed by atoms with Crippen molar-refractivity contribution in [1.29, 1.82) is 0 Å². The molecule has 8 heteroatoms. The number of benzene rings is 1. The van der Waals surface area contributed by atoms with E-state index in [1.807, 2.05) is 36.4 Å². The Bertz CT molecular complexity index is 691. The molecule has 1 aliphatic heterocycles. The van der Waals surface area contributed by atoms with Crippen LogP contribution in [0.2, 0.25) is 0 Å². The third-order valence-electron chi connectivity index (χ3n) is 4.87. The van der Waals surface area contributed by atoms with Crippen molar-refractivity contribution >= 4 is 13.6 Å². The lowest BCUT2D eigenvalue weighted by Gasteiger charge is -2.21. The monoisotopic (exact) mass is 410 g/mol. The van der Waals surface area contributed by atoms with Crippen molar-refractivity contribution in [3.8, 4) is 0 Å². The number of hydrogen-bond acceptors (Lipinski definition) is 3. The number of carbonyl (C=O) groups is 1. The predicted octanol–water partition coefficient (Wildman–Crippen LogP) is 2.62. The van der Waals surface area contributed by atoms with Crippen LogP contribution in [0.4, 0.5) is 4.79 Å². The summed E-state index contributed by atoms with van der Waals surface area (Å²) in [6.07, 6.45) is 6.36. The van der Waals surface area contributed by atoms with Crippen molar-refractivity contribution in [1.82, 2.24) is 9.80 Å².